The molecule has 0 amide bonds. The molecule has 0 saturated heterocycles. The third kappa shape index (κ3) is 3.82. The molecule has 0 aliphatic carbocycles. The maximum atomic E-state index is 14.2. The Labute approximate surface area is 154 Å². The molecule has 2 N–H and O–H groups in total. The lowest BCUT2D eigenvalue weighted by molar-refractivity contribution is 0.568. The van der Waals surface area contributed by atoms with Crippen LogP contribution in [0.25, 0.3) is 22.4 Å². The summed E-state index contributed by atoms with van der Waals surface area (Å²) in [5.41, 5.74) is 2.24. The van der Waals surface area contributed by atoms with Crippen LogP contribution in [0.3, 0.4) is 0 Å². The second-order valence-corrected chi connectivity index (χ2v) is 7.65. The fourth-order valence-electron chi connectivity index (χ4n) is 2.46. The van der Waals surface area contributed by atoms with E-state index in [0.717, 1.165) is 12.1 Å². The van der Waals surface area contributed by atoms with E-state index in [1.165, 1.54) is 6.07 Å². The van der Waals surface area contributed by atoms with E-state index in [1.807, 2.05) is 0 Å². The molecule has 0 atom stereocenters. The molecule has 0 radical (unpaired) electrons. The van der Waals surface area contributed by atoms with E-state index < -0.39 is 20.7 Å². The van der Waals surface area contributed by atoms with Crippen molar-refractivity contribution in [3.05, 3.63) is 70.6 Å². The quantitative estimate of drug-likeness (QED) is 0.707. The van der Waals surface area contributed by atoms with E-state index in [-0.39, 0.29) is 0 Å². The summed E-state index contributed by atoms with van der Waals surface area (Å²) in [4.78, 5) is 3.71. The summed E-state index contributed by atoms with van der Waals surface area (Å²) in [6.07, 6.45) is 1.55. The number of hydrogen-bond acceptors (Lipinski definition) is 3. The molecule has 0 fully saturated rings. The molecule has 0 spiro atoms. The van der Waals surface area contributed by atoms with E-state index in [1.54, 1.807) is 36.5 Å². The highest BCUT2D eigenvalue weighted by Gasteiger charge is 2.17. The van der Waals surface area contributed by atoms with Crippen LogP contribution in [0.1, 0.15) is 0 Å². The van der Waals surface area contributed by atoms with Gasteiger partial charge in [0.15, 0.2) is 0 Å². The molecule has 0 bridgehead atoms. The summed E-state index contributed by atoms with van der Waals surface area (Å²) < 4.78 is 36.9. The Morgan fingerprint density at radius 2 is 1.64 bits per heavy atom. The summed E-state index contributed by atoms with van der Waals surface area (Å²) in [5, 5.41) is 5.89. The average molecular weight is 397 g/mol. The maximum absolute atomic E-state index is 14.2. The van der Waals surface area contributed by atoms with Crippen LogP contribution in [-0.4, -0.2) is 13.4 Å². The fourth-order valence-corrected chi connectivity index (χ4v) is 3.57. The zero-order valence-electron chi connectivity index (χ0n) is 12.6. The molecule has 8 heteroatoms. The maximum Gasteiger partial charge on any atom is 0.240 e. The first-order valence-corrected chi connectivity index (χ1v) is 9.30. The van der Waals surface area contributed by atoms with Gasteiger partial charge in [-0.3, -0.25) is 4.98 Å². The van der Waals surface area contributed by atoms with E-state index in [0.29, 0.717) is 32.4 Å². The van der Waals surface area contributed by atoms with Gasteiger partial charge in [0.1, 0.15) is 10.7 Å². The lowest BCUT2D eigenvalue weighted by Crippen LogP contribution is -2.14. The fraction of sp³-hybridized carbons (Fsp3) is 0. The average Bonchev–Trinajstić information content (AvgIpc) is 2.52. The number of pyridine rings is 1. The van der Waals surface area contributed by atoms with Crippen LogP contribution in [0.4, 0.5) is 4.39 Å². The largest absolute Gasteiger partial charge is 0.256 e. The van der Waals surface area contributed by atoms with Crippen LogP contribution in [0.15, 0.2) is 59.6 Å². The lowest BCUT2D eigenvalue weighted by atomic mass is 9.99. The molecule has 0 saturated carbocycles. The highest BCUT2D eigenvalue weighted by Crippen LogP contribution is 2.34. The van der Waals surface area contributed by atoms with Crippen LogP contribution in [0, 0.1) is 5.82 Å². The van der Waals surface area contributed by atoms with Crippen LogP contribution in [-0.2, 0) is 10.0 Å². The van der Waals surface area contributed by atoms with Gasteiger partial charge in [0.2, 0.25) is 10.0 Å². The Hall–Kier alpha value is -1.99. The minimum atomic E-state index is -4.14. The molecule has 25 heavy (non-hydrogen) atoms. The van der Waals surface area contributed by atoms with Crippen molar-refractivity contribution < 1.29 is 12.8 Å². The zero-order valence-corrected chi connectivity index (χ0v) is 14.9. The van der Waals surface area contributed by atoms with Gasteiger partial charge in [-0.1, -0.05) is 35.3 Å². The van der Waals surface area contributed by atoms with Crippen molar-refractivity contribution >= 4 is 33.2 Å². The third-order valence-electron chi connectivity index (χ3n) is 3.49. The van der Waals surface area contributed by atoms with Crippen LogP contribution in [0.2, 0.25) is 10.0 Å². The van der Waals surface area contributed by atoms with Crippen molar-refractivity contribution in [1.29, 1.82) is 0 Å². The third-order valence-corrected chi connectivity index (χ3v) is 4.87. The van der Waals surface area contributed by atoms with Crippen molar-refractivity contribution in [2.24, 2.45) is 5.14 Å². The molecule has 0 aliphatic rings. The second kappa shape index (κ2) is 6.72. The Balaban J connectivity index is 2.18. The number of nitrogens with zero attached hydrogens (tertiary/aromatic N) is 1. The van der Waals surface area contributed by atoms with Gasteiger partial charge in [0, 0.05) is 27.4 Å². The van der Waals surface area contributed by atoms with E-state index >= 15 is 0 Å². The minimum absolute atomic E-state index is 0.400. The molecule has 128 valence electrons. The molecule has 4 nitrogen and oxygen atoms in total. The molecule has 2 aromatic carbocycles. The van der Waals surface area contributed by atoms with Gasteiger partial charge in [-0.25, -0.2) is 17.9 Å². The van der Waals surface area contributed by atoms with Gasteiger partial charge >= 0.3 is 0 Å². The molecular weight excluding hydrogens is 386 g/mol. The van der Waals surface area contributed by atoms with Crippen LogP contribution >= 0.6 is 23.2 Å². The molecule has 3 rings (SSSR count). The monoisotopic (exact) mass is 396 g/mol. The van der Waals surface area contributed by atoms with Crippen LogP contribution in [0.5, 0.6) is 0 Å². The van der Waals surface area contributed by atoms with Gasteiger partial charge in [-0.15, -0.1) is 0 Å². The number of aromatic nitrogens is 1. The molecule has 3 aromatic rings. The van der Waals surface area contributed by atoms with Crippen molar-refractivity contribution in [3.63, 3.8) is 0 Å². The topological polar surface area (TPSA) is 73.1 Å². The molecule has 0 aliphatic heterocycles. The SMILES string of the molecule is NS(=O)(=O)c1ccc(-c2ncccc2-c2cc(Cl)cc(Cl)c2)cc1F. The van der Waals surface area contributed by atoms with Gasteiger partial charge < -0.3 is 0 Å². The molecular formula is C17H11Cl2FN2O2S. The van der Waals surface area contributed by atoms with Gasteiger partial charge in [-0.2, -0.15) is 0 Å². The Morgan fingerprint density at radius 1 is 0.960 bits per heavy atom. The predicted octanol–water partition coefficient (Wildman–Crippen LogP) is 4.51. The molecule has 0 unspecified atom stereocenters. The number of rotatable bonds is 3. The standard InChI is InChI=1S/C17H11Cl2FN2O2S/c18-12-6-11(7-13(19)9-12)14-2-1-5-22-17(14)10-3-4-16(15(20)8-10)25(21,23)24/h1-9H,(H2,21,23,24). The Morgan fingerprint density at radius 3 is 2.24 bits per heavy atom. The number of benzene rings is 2. The summed E-state index contributed by atoms with van der Waals surface area (Å²) in [5.74, 6) is -0.944. The lowest BCUT2D eigenvalue weighted by Gasteiger charge is -2.11. The van der Waals surface area contributed by atoms with Crippen molar-refractivity contribution in [2.75, 3.05) is 0 Å². The van der Waals surface area contributed by atoms with Crippen molar-refractivity contribution in [1.82, 2.24) is 4.98 Å². The second-order valence-electron chi connectivity index (χ2n) is 5.25. The number of sulfonamides is 1. The summed E-state index contributed by atoms with van der Waals surface area (Å²) >= 11 is 12.1. The van der Waals surface area contributed by atoms with Gasteiger partial charge in [-0.05, 0) is 42.0 Å². The zero-order chi connectivity index (χ0) is 18.2. The first kappa shape index (κ1) is 17.8. The summed E-state index contributed by atoms with van der Waals surface area (Å²) in [6, 6.07) is 12.2. The number of primary sulfonamides is 1. The first-order chi connectivity index (χ1) is 11.8. The minimum Gasteiger partial charge on any atom is -0.256 e. The molecule has 1 aromatic heterocycles. The van der Waals surface area contributed by atoms with E-state index in [2.05, 4.69) is 4.98 Å². The van der Waals surface area contributed by atoms with Gasteiger partial charge in [0.05, 0.1) is 5.69 Å². The normalized spacial score (nSPS) is 11.5. The van der Waals surface area contributed by atoms with E-state index in [4.69, 9.17) is 28.3 Å². The molecule has 1 heterocycles. The first-order valence-electron chi connectivity index (χ1n) is 7.00. The number of halogens is 3. The summed E-state index contributed by atoms with van der Waals surface area (Å²) in [6.45, 7) is 0. The van der Waals surface area contributed by atoms with Gasteiger partial charge in [0.25, 0.3) is 0 Å². The highest BCUT2D eigenvalue weighted by molar-refractivity contribution is 7.89. The smallest absolute Gasteiger partial charge is 0.240 e. The van der Waals surface area contributed by atoms with E-state index in [9.17, 15) is 12.8 Å². The van der Waals surface area contributed by atoms with Crippen molar-refractivity contribution in [2.45, 2.75) is 4.90 Å². The Kier molecular flexibility index (Phi) is 4.79. The number of nitrogens with two attached hydrogens (primary N) is 1. The number of hydrogen-bond donors (Lipinski definition) is 1. The van der Waals surface area contributed by atoms with Crippen molar-refractivity contribution in [3.8, 4) is 22.4 Å². The predicted molar refractivity (Wildman–Crippen MR) is 96.5 cm³/mol. The Bertz CT molecular complexity index is 1050. The summed E-state index contributed by atoms with van der Waals surface area (Å²) in [7, 11) is -4.14. The highest BCUT2D eigenvalue weighted by atomic mass is 35.5. The van der Waals surface area contributed by atoms with Crippen LogP contribution < -0.4 is 5.14 Å².